The molecule has 6 heteroatoms. The molecule has 0 amide bonds. The first-order valence-corrected chi connectivity index (χ1v) is 6.03. The molecule has 0 radical (unpaired) electrons. The molecule has 2 aromatic carbocycles. The van der Waals surface area contributed by atoms with Crippen LogP contribution in [0.5, 0.6) is 0 Å². The number of fused-ring (bicyclic) bond motifs is 3. The van der Waals surface area contributed by atoms with Crippen molar-refractivity contribution in [2.75, 3.05) is 0 Å². The van der Waals surface area contributed by atoms with Crippen molar-refractivity contribution in [3.05, 3.63) is 59.2 Å². The van der Waals surface area contributed by atoms with E-state index in [2.05, 4.69) is 0 Å². The van der Waals surface area contributed by atoms with Gasteiger partial charge in [-0.25, -0.2) is 4.79 Å². The third kappa shape index (κ3) is 1.69. The Morgan fingerprint density at radius 3 is 2.24 bits per heavy atom. The molecular formula is C15H9F3O3. The van der Waals surface area contributed by atoms with Gasteiger partial charge >= 0.3 is 12.1 Å². The Hall–Kier alpha value is -2.34. The van der Waals surface area contributed by atoms with Crippen LogP contribution in [0.25, 0.3) is 11.1 Å². The third-order valence-electron chi connectivity index (χ3n) is 3.67. The van der Waals surface area contributed by atoms with E-state index in [-0.39, 0.29) is 22.3 Å². The minimum absolute atomic E-state index is 0.190. The van der Waals surface area contributed by atoms with Crippen LogP contribution in [0.2, 0.25) is 0 Å². The van der Waals surface area contributed by atoms with E-state index >= 15 is 0 Å². The highest BCUT2D eigenvalue weighted by Crippen LogP contribution is 2.54. The number of carboxylic acid groups (broad SMARTS) is 1. The van der Waals surface area contributed by atoms with Crippen LogP contribution in [0.3, 0.4) is 0 Å². The fourth-order valence-electron chi connectivity index (χ4n) is 2.70. The lowest BCUT2D eigenvalue weighted by atomic mass is 9.90. The Bertz CT molecular complexity index is 752. The first-order chi connectivity index (χ1) is 9.76. The molecule has 0 spiro atoms. The van der Waals surface area contributed by atoms with Crippen molar-refractivity contribution >= 4 is 5.97 Å². The number of aromatic carboxylic acids is 1. The SMILES string of the molecule is O=C(O)c1ccc2c(c1)C(O)(C(F)(F)F)c1ccccc1-2. The summed E-state index contributed by atoms with van der Waals surface area (Å²) in [4.78, 5) is 11.0. The summed E-state index contributed by atoms with van der Waals surface area (Å²) in [6.45, 7) is 0. The van der Waals surface area contributed by atoms with Gasteiger partial charge in [0.2, 0.25) is 5.60 Å². The van der Waals surface area contributed by atoms with Gasteiger partial charge in [0.15, 0.2) is 0 Å². The van der Waals surface area contributed by atoms with Crippen molar-refractivity contribution in [2.24, 2.45) is 0 Å². The summed E-state index contributed by atoms with van der Waals surface area (Å²) in [5.74, 6) is -1.35. The number of rotatable bonds is 1. The van der Waals surface area contributed by atoms with Gasteiger partial charge in [0.25, 0.3) is 0 Å². The molecule has 21 heavy (non-hydrogen) atoms. The predicted octanol–water partition coefficient (Wildman–Crippen LogP) is 3.16. The third-order valence-corrected chi connectivity index (χ3v) is 3.67. The summed E-state index contributed by atoms with van der Waals surface area (Å²) in [6, 6.07) is 9.03. The average Bonchev–Trinajstić information content (AvgIpc) is 2.70. The van der Waals surface area contributed by atoms with Crippen molar-refractivity contribution in [1.82, 2.24) is 0 Å². The summed E-state index contributed by atoms with van der Waals surface area (Å²) in [7, 11) is 0. The summed E-state index contributed by atoms with van der Waals surface area (Å²) in [5.41, 5.74) is -3.78. The van der Waals surface area contributed by atoms with E-state index in [1.54, 1.807) is 6.07 Å². The summed E-state index contributed by atoms with van der Waals surface area (Å²) >= 11 is 0. The second kappa shape index (κ2) is 4.08. The second-order valence-electron chi connectivity index (χ2n) is 4.82. The molecule has 1 aliphatic carbocycles. The Morgan fingerprint density at radius 1 is 1.00 bits per heavy atom. The molecule has 0 heterocycles. The van der Waals surface area contributed by atoms with Gasteiger partial charge in [-0.3, -0.25) is 0 Å². The molecule has 108 valence electrons. The molecule has 0 saturated heterocycles. The van der Waals surface area contributed by atoms with Gasteiger partial charge in [0, 0.05) is 11.1 Å². The Kier molecular flexibility index (Phi) is 2.65. The predicted molar refractivity (Wildman–Crippen MR) is 67.9 cm³/mol. The standard InChI is InChI=1S/C15H9F3O3/c16-15(17,18)14(21)11-4-2-1-3-9(11)10-6-5-8(13(19)20)7-12(10)14/h1-7,21H,(H,19,20). The quantitative estimate of drug-likeness (QED) is 0.849. The van der Waals surface area contributed by atoms with Crippen LogP contribution in [0.1, 0.15) is 21.5 Å². The number of aliphatic hydroxyl groups is 1. The number of hydrogen-bond acceptors (Lipinski definition) is 2. The Labute approximate surface area is 117 Å². The van der Waals surface area contributed by atoms with Crippen molar-refractivity contribution in [3.8, 4) is 11.1 Å². The number of halogens is 3. The molecule has 0 aliphatic heterocycles. The Balaban J connectivity index is 2.38. The molecule has 2 N–H and O–H groups in total. The van der Waals surface area contributed by atoms with Crippen molar-refractivity contribution in [2.45, 2.75) is 11.8 Å². The molecule has 1 aliphatic rings. The van der Waals surface area contributed by atoms with E-state index in [9.17, 15) is 23.1 Å². The first-order valence-electron chi connectivity index (χ1n) is 6.03. The van der Waals surface area contributed by atoms with Gasteiger partial charge in [0.05, 0.1) is 5.56 Å². The van der Waals surface area contributed by atoms with Crippen LogP contribution in [-0.4, -0.2) is 22.4 Å². The van der Waals surface area contributed by atoms with Gasteiger partial charge in [-0.1, -0.05) is 30.3 Å². The molecule has 3 nitrogen and oxygen atoms in total. The second-order valence-corrected chi connectivity index (χ2v) is 4.82. The topological polar surface area (TPSA) is 57.5 Å². The Morgan fingerprint density at radius 2 is 1.62 bits per heavy atom. The largest absolute Gasteiger partial charge is 0.478 e. The lowest BCUT2D eigenvalue weighted by Gasteiger charge is -2.28. The van der Waals surface area contributed by atoms with E-state index < -0.39 is 23.3 Å². The van der Waals surface area contributed by atoms with Crippen LogP contribution in [-0.2, 0) is 5.60 Å². The minimum atomic E-state index is -4.95. The van der Waals surface area contributed by atoms with Crippen LogP contribution >= 0.6 is 0 Å². The maximum absolute atomic E-state index is 13.4. The molecule has 2 aromatic rings. The van der Waals surface area contributed by atoms with Crippen molar-refractivity contribution in [1.29, 1.82) is 0 Å². The zero-order chi connectivity index (χ0) is 15.4. The van der Waals surface area contributed by atoms with Gasteiger partial charge in [-0.2, -0.15) is 13.2 Å². The lowest BCUT2D eigenvalue weighted by Crippen LogP contribution is -2.41. The van der Waals surface area contributed by atoms with E-state index in [0.717, 1.165) is 6.07 Å². The zero-order valence-electron chi connectivity index (χ0n) is 10.5. The summed E-state index contributed by atoms with van der Waals surface area (Å²) in [6.07, 6.45) is -4.95. The average molecular weight is 294 g/mol. The fourth-order valence-corrected chi connectivity index (χ4v) is 2.70. The number of hydrogen-bond donors (Lipinski definition) is 2. The molecule has 1 unspecified atom stereocenters. The maximum atomic E-state index is 13.4. The fraction of sp³-hybridized carbons (Fsp3) is 0.133. The normalized spacial score (nSPS) is 20.0. The maximum Gasteiger partial charge on any atom is 0.425 e. The minimum Gasteiger partial charge on any atom is -0.478 e. The van der Waals surface area contributed by atoms with Crippen LogP contribution in [0.4, 0.5) is 13.2 Å². The van der Waals surface area contributed by atoms with E-state index in [4.69, 9.17) is 5.11 Å². The van der Waals surface area contributed by atoms with E-state index in [1.165, 1.54) is 30.3 Å². The zero-order valence-corrected chi connectivity index (χ0v) is 10.5. The van der Waals surface area contributed by atoms with E-state index in [0.29, 0.717) is 0 Å². The molecule has 0 bridgehead atoms. The number of carbonyl (C=O) groups is 1. The highest BCUT2D eigenvalue weighted by atomic mass is 19.4. The van der Waals surface area contributed by atoms with Gasteiger partial charge < -0.3 is 10.2 Å². The molecule has 3 rings (SSSR count). The van der Waals surface area contributed by atoms with Crippen molar-refractivity contribution < 1.29 is 28.2 Å². The van der Waals surface area contributed by atoms with Gasteiger partial charge in [0.1, 0.15) is 0 Å². The van der Waals surface area contributed by atoms with Crippen LogP contribution < -0.4 is 0 Å². The molecular weight excluding hydrogens is 285 g/mol. The van der Waals surface area contributed by atoms with Crippen LogP contribution in [0.15, 0.2) is 42.5 Å². The highest BCUT2D eigenvalue weighted by Gasteiger charge is 2.60. The van der Waals surface area contributed by atoms with Gasteiger partial charge in [-0.15, -0.1) is 0 Å². The van der Waals surface area contributed by atoms with Crippen LogP contribution in [0, 0.1) is 0 Å². The van der Waals surface area contributed by atoms with Gasteiger partial charge in [-0.05, 0) is 23.3 Å². The van der Waals surface area contributed by atoms with Crippen molar-refractivity contribution in [3.63, 3.8) is 0 Å². The first kappa shape index (κ1) is 13.6. The molecule has 0 aromatic heterocycles. The molecule has 0 fully saturated rings. The number of benzene rings is 2. The molecule has 0 saturated carbocycles. The summed E-state index contributed by atoms with van der Waals surface area (Å²) in [5, 5.41) is 19.3. The number of carboxylic acids is 1. The van der Waals surface area contributed by atoms with E-state index in [1.807, 2.05) is 0 Å². The lowest BCUT2D eigenvalue weighted by molar-refractivity contribution is -0.246. The monoisotopic (exact) mass is 294 g/mol. The number of alkyl halides is 3. The highest BCUT2D eigenvalue weighted by molar-refractivity contribution is 5.91. The molecule has 1 atom stereocenters. The smallest absolute Gasteiger partial charge is 0.425 e. The summed E-state index contributed by atoms with van der Waals surface area (Å²) < 4.78 is 40.3.